The van der Waals surface area contributed by atoms with Gasteiger partial charge in [0.15, 0.2) is 0 Å². The molecule has 7 heteroatoms. The molecular formula is C15H26N2O4S. The number of nitrogens with one attached hydrogen (secondary N) is 2. The van der Waals surface area contributed by atoms with Crippen molar-refractivity contribution < 1.29 is 18.3 Å². The van der Waals surface area contributed by atoms with Crippen molar-refractivity contribution >= 4 is 15.7 Å². The van der Waals surface area contributed by atoms with Crippen molar-refractivity contribution in [2.45, 2.75) is 52.5 Å². The Kier molecular flexibility index (Phi) is 6.65. The molecule has 0 heterocycles. The van der Waals surface area contributed by atoms with Crippen LogP contribution in [0.4, 0.5) is 5.69 Å². The van der Waals surface area contributed by atoms with Gasteiger partial charge < -0.3 is 9.84 Å². The molecule has 0 saturated carbocycles. The summed E-state index contributed by atoms with van der Waals surface area (Å²) in [5.74, 6) is -0.104. The van der Waals surface area contributed by atoms with Crippen LogP contribution in [0.25, 0.3) is 0 Å². The van der Waals surface area contributed by atoms with E-state index in [0.29, 0.717) is 6.42 Å². The SMILES string of the molecule is CC(C)NC(Cc1ccc(O)c(NS(C)(=O)=O)c1)OC(C)C. The van der Waals surface area contributed by atoms with Crippen LogP contribution in [0.3, 0.4) is 0 Å². The Bertz CT molecular complexity index is 575. The van der Waals surface area contributed by atoms with E-state index < -0.39 is 10.0 Å². The van der Waals surface area contributed by atoms with Crippen molar-refractivity contribution in [1.29, 1.82) is 0 Å². The molecule has 0 radical (unpaired) electrons. The Labute approximate surface area is 132 Å². The van der Waals surface area contributed by atoms with E-state index in [2.05, 4.69) is 10.0 Å². The molecule has 0 bridgehead atoms. The first-order valence-electron chi connectivity index (χ1n) is 7.28. The summed E-state index contributed by atoms with van der Waals surface area (Å²) in [6.07, 6.45) is 1.50. The molecule has 3 N–H and O–H groups in total. The summed E-state index contributed by atoms with van der Waals surface area (Å²) in [5, 5.41) is 13.1. The molecule has 1 atom stereocenters. The molecule has 0 fully saturated rings. The maximum Gasteiger partial charge on any atom is 0.229 e. The minimum absolute atomic E-state index is 0.0713. The van der Waals surface area contributed by atoms with Crippen LogP contribution in [0.2, 0.25) is 0 Å². The first-order chi connectivity index (χ1) is 10.1. The summed E-state index contributed by atoms with van der Waals surface area (Å²) in [4.78, 5) is 0. The molecule has 0 aromatic heterocycles. The largest absolute Gasteiger partial charge is 0.506 e. The summed E-state index contributed by atoms with van der Waals surface area (Å²) in [6.45, 7) is 7.99. The minimum atomic E-state index is -3.44. The normalized spacial score (nSPS) is 13.6. The van der Waals surface area contributed by atoms with Gasteiger partial charge >= 0.3 is 0 Å². The highest BCUT2D eigenvalue weighted by molar-refractivity contribution is 7.92. The summed E-state index contributed by atoms with van der Waals surface area (Å²) in [6, 6.07) is 5.11. The topological polar surface area (TPSA) is 87.7 Å². The maximum atomic E-state index is 11.3. The predicted molar refractivity (Wildman–Crippen MR) is 88.6 cm³/mol. The van der Waals surface area contributed by atoms with Crippen LogP contribution in [0, 0.1) is 0 Å². The quantitative estimate of drug-likeness (QED) is 0.501. The molecule has 0 amide bonds. The number of phenolic OH excluding ortho intramolecular Hbond substituents is 1. The number of hydrogen-bond donors (Lipinski definition) is 3. The van der Waals surface area contributed by atoms with Crippen molar-refractivity contribution in [2.75, 3.05) is 11.0 Å². The van der Waals surface area contributed by atoms with Crippen LogP contribution in [0.5, 0.6) is 5.75 Å². The molecule has 22 heavy (non-hydrogen) atoms. The lowest BCUT2D eigenvalue weighted by Crippen LogP contribution is -2.40. The highest BCUT2D eigenvalue weighted by Gasteiger charge is 2.15. The third kappa shape index (κ3) is 7.11. The molecule has 1 aromatic carbocycles. The lowest BCUT2D eigenvalue weighted by atomic mass is 10.1. The maximum absolute atomic E-state index is 11.3. The molecule has 0 aliphatic carbocycles. The van der Waals surface area contributed by atoms with E-state index in [1.807, 2.05) is 27.7 Å². The molecule has 6 nitrogen and oxygen atoms in total. The summed E-state index contributed by atoms with van der Waals surface area (Å²) >= 11 is 0. The van der Waals surface area contributed by atoms with Crippen molar-refractivity contribution in [1.82, 2.24) is 5.32 Å². The predicted octanol–water partition coefficient (Wildman–Crippen LogP) is 2.06. The molecular weight excluding hydrogens is 304 g/mol. The van der Waals surface area contributed by atoms with Crippen LogP contribution in [0.15, 0.2) is 18.2 Å². The Balaban J connectivity index is 2.92. The molecule has 0 aliphatic heterocycles. The lowest BCUT2D eigenvalue weighted by Gasteiger charge is -2.24. The monoisotopic (exact) mass is 330 g/mol. The number of hydrogen-bond acceptors (Lipinski definition) is 5. The van der Waals surface area contributed by atoms with Gasteiger partial charge in [0, 0.05) is 12.5 Å². The van der Waals surface area contributed by atoms with Gasteiger partial charge in [-0.2, -0.15) is 0 Å². The van der Waals surface area contributed by atoms with E-state index in [1.54, 1.807) is 12.1 Å². The first-order valence-corrected chi connectivity index (χ1v) is 9.17. The summed E-state index contributed by atoms with van der Waals surface area (Å²) < 4.78 is 30.8. The van der Waals surface area contributed by atoms with E-state index >= 15 is 0 Å². The third-order valence-electron chi connectivity index (χ3n) is 2.73. The van der Waals surface area contributed by atoms with Crippen molar-refractivity contribution in [3.63, 3.8) is 0 Å². The number of sulfonamides is 1. The standard InChI is InChI=1S/C15H26N2O4S/c1-10(2)16-15(21-11(3)4)9-12-6-7-14(18)13(8-12)17-22(5,19)20/h6-8,10-11,15-18H,9H2,1-5H3. The van der Waals surface area contributed by atoms with Crippen LogP contribution >= 0.6 is 0 Å². The van der Waals surface area contributed by atoms with Crippen molar-refractivity contribution in [3.8, 4) is 5.75 Å². The average Bonchev–Trinajstić information content (AvgIpc) is 2.29. The van der Waals surface area contributed by atoms with E-state index in [0.717, 1.165) is 11.8 Å². The van der Waals surface area contributed by atoms with Crippen LogP contribution in [-0.2, 0) is 21.2 Å². The van der Waals surface area contributed by atoms with E-state index in [4.69, 9.17) is 4.74 Å². The molecule has 0 saturated heterocycles. The fraction of sp³-hybridized carbons (Fsp3) is 0.600. The van der Waals surface area contributed by atoms with Gasteiger partial charge in [-0.1, -0.05) is 6.07 Å². The summed E-state index contributed by atoms with van der Waals surface area (Å²) in [5.41, 5.74) is 1.04. The van der Waals surface area contributed by atoms with E-state index in [-0.39, 0.29) is 29.8 Å². The van der Waals surface area contributed by atoms with Gasteiger partial charge in [-0.05, 0) is 45.4 Å². The highest BCUT2D eigenvalue weighted by Crippen LogP contribution is 2.25. The number of anilines is 1. The van der Waals surface area contributed by atoms with Gasteiger partial charge in [-0.25, -0.2) is 8.42 Å². The van der Waals surface area contributed by atoms with Crippen molar-refractivity contribution in [3.05, 3.63) is 23.8 Å². The fourth-order valence-corrected chi connectivity index (χ4v) is 2.62. The number of aromatic hydroxyl groups is 1. The Morgan fingerprint density at radius 1 is 1.23 bits per heavy atom. The van der Waals surface area contributed by atoms with Gasteiger partial charge in [0.05, 0.1) is 18.0 Å². The van der Waals surface area contributed by atoms with Crippen LogP contribution < -0.4 is 10.0 Å². The molecule has 1 rings (SSSR count). The van der Waals surface area contributed by atoms with Crippen molar-refractivity contribution in [2.24, 2.45) is 0 Å². The second kappa shape index (κ2) is 7.80. The van der Waals surface area contributed by atoms with Gasteiger partial charge in [-0.15, -0.1) is 0 Å². The molecule has 0 spiro atoms. The molecule has 0 aliphatic rings. The van der Waals surface area contributed by atoms with Gasteiger partial charge in [0.1, 0.15) is 12.0 Å². The molecule has 1 unspecified atom stereocenters. The van der Waals surface area contributed by atoms with Gasteiger partial charge in [0.25, 0.3) is 0 Å². The molecule has 126 valence electrons. The molecule has 1 aromatic rings. The second-order valence-corrected chi connectivity index (χ2v) is 7.67. The van der Waals surface area contributed by atoms with E-state index in [1.165, 1.54) is 6.07 Å². The minimum Gasteiger partial charge on any atom is -0.506 e. The Morgan fingerprint density at radius 3 is 2.36 bits per heavy atom. The smallest absolute Gasteiger partial charge is 0.229 e. The first kappa shape index (κ1) is 18.7. The average molecular weight is 330 g/mol. The Hall–Kier alpha value is -1.31. The zero-order valence-electron chi connectivity index (χ0n) is 13.8. The number of ether oxygens (including phenoxy) is 1. The highest BCUT2D eigenvalue weighted by atomic mass is 32.2. The summed E-state index contributed by atoms with van der Waals surface area (Å²) in [7, 11) is -3.44. The van der Waals surface area contributed by atoms with Crippen LogP contribution in [-0.4, -0.2) is 38.2 Å². The lowest BCUT2D eigenvalue weighted by molar-refractivity contribution is -0.0158. The number of phenols is 1. The number of rotatable bonds is 8. The van der Waals surface area contributed by atoms with Gasteiger partial charge in [0.2, 0.25) is 10.0 Å². The zero-order chi connectivity index (χ0) is 16.9. The van der Waals surface area contributed by atoms with Gasteiger partial charge in [-0.3, -0.25) is 10.0 Å². The zero-order valence-corrected chi connectivity index (χ0v) is 14.6. The fourth-order valence-electron chi connectivity index (χ4n) is 2.05. The number of benzene rings is 1. The van der Waals surface area contributed by atoms with E-state index in [9.17, 15) is 13.5 Å². The Morgan fingerprint density at radius 2 is 1.86 bits per heavy atom. The third-order valence-corrected chi connectivity index (χ3v) is 3.32. The van der Waals surface area contributed by atoms with Crippen LogP contribution in [0.1, 0.15) is 33.3 Å². The second-order valence-electron chi connectivity index (χ2n) is 5.92.